The number of piperidine rings is 1. The molecule has 2 N–H and O–H groups in total. The summed E-state index contributed by atoms with van der Waals surface area (Å²) in [7, 11) is 0. The van der Waals surface area contributed by atoms with Crippen LogP contribution in [0.4, 0.5) is 0 Å². The Bertz CT molecular complexity index is 323. The van der Waals surface area contributed by atoms with Crippen molar-refractivity contribution in [2.24, 2.45) is 5.92 Å². The van der Waals surface area contributed by atoms with Crippen molar-refractivity contribution in [2.45, 2.75) is 25.3 Å². The Morgan fingerprint density at radius 2 is 2.53 bits per heavy atom. The van der Waals surface area contributed by atoms with Crippen molar-refractivity contribution < 1.29 is 9.90 Å². The van der Waals surface area contributed by atoms with Gasteiger partial charge in [0.1, 0.15) is 6.04 Å². The zero-order valence-electron chi connectivity index (χ0n) is 8.48. The predicted molar refractivity (Wildman–Crippen MR) is 60.2 cm³/mol. The molecule has 3 nitrogen and oxygen atoms in total. The third-order valence-corrected chi connectivity index (χ3v) is 3.78. The number of hydrogen-bond donors (Lipinski definition) is 2. The van der Waals surface area contributed by atoms with Crippen LogP contribution in [0.2, 0.25) is 0 Å². The molecule has 1 aromatic heterocycles. The van der Waals surface area contributed by atoms with Gasteiger partial charge in [-0.3, -0.25) is 4.79 Å². The van der Waals surface area contributed by atoms with E-state index >= 15 is 0 Å². The Morgan fingerprint density at radius 1 is 1.67 bits per heavy atom. The normalized spacial score (nSPS) is 26.4. The summed E-state index contributed by atoms with van der Waals surface area (Å²) in [4.78, 5) is 12.2. The Kier molecular flexibility index (Phi) is 3.38. The van der Waals surface area contributed by atoms with Gasteiger partial charge in [-0.15, -0.1) is 11.3 Å². The molecule has 2 heterocycles. The monoisotopic (exact) mass is 225 g/mol. The molecule has 4 heteroatoms. The molecule has 0 radical (unpaired) electrons. The van der Waals surface area contributed by atoms with E-state index in [0.717, 1.165) is 25.8 Å². The van der Waals surface area contributed by atoms with Gasteiger partial charge in [-0.2, -0.15) is 0 Å². The minimum Gasteiger partial charge on any atom is -0.480 e. The number of carboxylic acids is 1. The topological polar surface area (TPSA) is 49.3 Å². The molecule has 15 heavy (non-hydrogen) atoms. The number of thiophene rings is 1. The van der Waals surface area contributed by atoms with Crippen LogP contribution < -0.4 is 5.32 Å². The van der Waals surface area contributed by atoms with Crippen LogP contribution in [0, 0.1) is 5.92 Å². The SMILES string of the molecule is O=C(O)C1CC(Cc2cccs2)CCN1. The van der Waals surface area contributed by atoms with Crippen molar-refractivity contribution in [3.63, 3.8) is 0 Å². The molecule has 1 aromatic rings. The molecule has 0 saturated carbocycles. The molecule has 0 aliphatic carbocycles. The fraction of sp³-hybridized carbons (Fsp3) is 0.545. The molecule has 0 aromatic carbocycles. The lowest BCUT2D eigenvalue weighted by molar-refractivity contribution is -0.140. The van der Waals surface area contributed by atoms with E-state index in [9.17, 15) is 4.79 Å². The van der Waals surface area contributed by atoms with Crippen LogP contribution in [0.5, 0.6) is 0 Å². The fourth-order valence-electron chi connectivity index (χ4n) is 2.08. The second-order valence-corrected chi connectivity index (χ2v) is 5.05. The maximum absolute atomic E-state index is 10.8. The van der Waals surface area contributed by atoms with E-state index in [1.807, 2.05) is 0 Å². The van der Waals surface area contributed by atoms with E-state index in [1.165, 1.54) is 4.88 Å². The van der Waals surface area contributed by atoms with Crippen molar-refractivity contribution in [1.82, 2.24) is 5.32 Å². The van der Waals surface area contributed by atoms with E-state index < -0.39 is 5.97 Å². The number of nitrogens with one attached hydrogen (secondary N) is 1. The van der Waals surface area contributed by atoms with Gasteiger partial charge in [-0.1, -0.05) is 6.07 Å². The second kappa shape index (κ2) is 4.77. The minimum atomic E-state index is -0.717. The summed E-state index contributed by atoms with van der Waals surface area (Å²) in [5, 5.41) is 14.0. The lowest BCUT2D eigenvalue weighted by Crippen LogP contribution is -2.43. The lowest BCUT2D eigenvalue weighted by atomic mass is 9.89. The summed E-state index contributed by atoms with van der Waals surface area (Å²) in [5.41, 5.74) is 0. The first-order valence-electron chi connectivity index (χ1n) is 5.24. The molecule has 1 aliphatic heterocycles. The lowest BCUT2D eigenvalue weighted by Gasteiger charge is -2.27. The van der Waals surface area contributed by atoms with Gasteiger partial charge in [0.2, 0.25) is 0 Å². The zero-order chi connectivity index (χ0) is 10.7. The molecule has 1 saturated heterocycles. The van der Waals surface area contributed by atoms with Crippen molar-refractivity contribution >= 4 is 17.3 Å². The number of hydrogen-bond acceptors (Lipinski definition) is 3. The summed E-state index contributed by atoms with van der Waals surface area (Å²) in [6, 6.07) is 3.84. The largest absolute Gasteiger partial charge is 0.480 e. The first-order valence-corrected chi connectivity index (χ1v) is 6.12. The molecule has 2 unspecified atom stereocenters. The Balaban J connectivity index is 1.90. The smallest absolute Gasteiger partial charge is 0.320 e. The van der Waals surface area contributed by atoms with Crippen molar-refractivity contribution in [3.05, 3.63) is 22.4 Å². The first-order chi connectivity index (χ1) is 7.25. The molecule has 82 valence electrons. The standard InChI is InChI=1S/C11H15NO2S/c13-11(14)10-7-8(3-4-12-10)6-9-2-1-5-15-9/h1-2,5,8,10,12H,3-4,6-7H2,(H,13,14). The average molecular weight is 225 g/mol. The van der Waals surface area contributed by atoms with Crippen LogP contribution >= 0.6 is 11.3 Å². The number of aliphatic carboxylic acids is 1. The quantitative estimate of drug-likeness (QED) is 0.824. The van der Waals surface area contributed by atoms with Gasteiger partial charge in [-0.25, -0.2) is 0 Å². The zero-order valence-corrected chi connectivity index (χ0v) is 9.30. The summed E-state index contributed by atoms with van der Waals surface area (Å²) in [5.74, 6) is -0.197. The Labute approximate surface area is 93.1 Å². The van der Waals surface area contributed by atoms with E-state index in [0.29, 0.717) is 5.92 Å². The maximum Gasteiger partial charge on any atom is 0.320 e. The molecule has 0 amide bonds. The van der Waals surface area contributed by atoms with E-state index in [-0.39, 0.29) is 6.04 Å². The molecular formula is C11H15NO2S. The maximum atomic E-state index is 10.8. The molecule has 0 bridgehead atoms. The third-order valence-electron chi connectivity index (χ3n) is 2.88. The predicted octanol–water partition coefficient (Wildman–Crippen LogP) is 1.74. The van der Waals surface area contributed by atoms with Crippen LogP contribution in [-0.4, -0.2) is 23.7 Å². The van der Waals surface area contributed by atoms with Gasteiger partial charge < -0.3 is 10.4 Å². The van der Waals surface area contributed by atoms with Gasteiger partial charge in [0.05, 0.1) is 0 Å². The highest BCUT2D eigenvalue weighted by molar-refractivity contribution is 7.09. The van der Waals surface area contributed by atoms with Gasteiger partial charge in [0.25, 0.3) is 0 Å². The van der Waals surface area contributed by atoms with Crippen molar-refractivity contribution in [1.29, 1.82) is 0 Å². The van der Waals surface area contributed by atoms with Crippen LogP contribution in [0.3, 0.4) is 0 Å². The number of carbonyl (C=O) groups is 1. The molecule has 2 rings (SSSR count). The minimum absolute atomic E-state index is 0.344. The summed E-state index contributed by atoms with van der Waals surface area (Å²) in [6.45, 7) is 0.826. The van der Waals surface area contributed by atoms with Crippen LogP contribution in [0.15, 0.2) is 17.5 Å². The van der Waals surface area contributed by atoms with Gasteiger partial charge in [0.15, 0.2) is 0 Å². The molecule has 1 fully saturated rings. The van der Waals surface area contributed by atoms with Crippen LogP contribution in [0.1, 0.15) is 17.7 Å². The van der Waals surface area contributed by atoms with Crippen molar-refractivity contribution in [3.8, 4) is 0 Å². The average Bonchev–Trinajstić information content (AvgIpc) is 2.71. The highest BCUT2D eigenvalue weighted by Gasteiger charge is 2.26. The highest BCUT2D eigenvalue weighted by Crippen LogP contribution is 2.23. The number of carboxylic acid groups (broad SMARTS) is 1. The van der Waals surface area contributed by atoms with Gasteiger partial charge >= 0.3 is 5.97 Å². The summed E-state index contributed by atoms with van der Waals surface area (Å²) < 4.78 is 0. The number of rotatable bonds is 3. The van der Waals surface area contributed by atoms with Gasteiger partial charge in [0, 0.05) is 4.88 Å². The van der Waals surface area contributed by atoms with E-state index in [1.54, 1.807) is 11.3 Å². The summed E-state index contributed by atoms with van der Waals surface area (Å²) >= 11 is 1.76. The molecule has 1 aliphatic rings. The second-order valence-electron chi connectivity index (χ2n) is 4.02. The molecule has 0 spiro atoms. The highest BCUT2D eigenvalue weighted by atomic mass is 32.1. The van der Waals surface area contributed by atoms with E-state index in [4.69, 9.17) is 5.11 Å². The van der Waals surface area contributed by atoms with Crippen LogP contribution in [-0.2, 0) is 11.2 Å². The van der Waals surface area contributed by atoms with Crippen LogP contribution in [0.25, 0.3) is 0 Å². The fourth-order valence-corrected chi connectivity index (χ4v) is 2.90. The van der Waals surface area contributed by atoms with E-state index in [2.05, 4.69) is 22.8 Å². The first kappa shape index (κ1) is 10.6. The molecular weight excluding hydrogens is 210 g/mol. The Morgan fingerprint density at radius 3 is 3.20 bits per heavy atom. The Hall–Kier alpha value is -0.870. The third kappa shape index (κ3) is 2.79. The van der Waals surface area contributed by atoms with Gasteiger partial charge in [-0.05, 0) is 43.2 Å². The summed E-state index contributed by atoms with van der Waals surface area (Å²) in [6.07, 6.45) is 2.87. The van der Waals surface area contributed by atoms with Crippen molar-refractivity contribution in [2.75, 3.05) is 6.54 Å². The molecule has 2 atom stereocenters.